The lowest BCUT2D eigenvalue weighted by molar-refractivity contribution is 0.0690. The molecule has 0 aliphatic rings. The predicted octanol–water partition coefficient (Wildman–Crippen LogP) is 4.84. The van der Waals surface area contributed by atoms with Crippen LogP contribution < -0.4 is 0 Å². The fourth-order valence-electron chi connectivity index (χ4n) is 2.36. The zero-order valence-electron chi connectivity index (χ0n) is 14.4. The number of rotatable bonds is 5. The third-order valence-electron chi connectivity index (χ3n) is 3.68. The second-order valence-corrected chi connectivity index (χ2v) is 7.10. The van der Waals surface area contributed by atoms with Crippen molar-refractivity contribution in [2.24, 2.45) is 0 Å². The maximum atomic E-state index is 13.6. The van der Waals surface area contributed by atoms with Gasteiger partial charge in [-0.15, -0.1) is 0 Å². The van der Waals surface area contributed by atoms with E-state index in [2.05, 4.69) is 19.9 Å². The van der Waals surface area contributed by atoms with Gasteiger partial charge >= 0.3 is 5.97 Å². The summed E-state index contributed by atoms with van der Waals surface area (Å²) in [4.78, 5) is 27.6. The summed E-state index contributed by atoms with van der Waals surface area (Å²) in [5.74, 6) is -1.44. The van der Waals surface area contributed by atoms with E-state index < -0.39 is 11.8 Å². The molecule has 0 spiro atoms. The quantitative estimate of drug-likeness (QED) is 0.482. The van der Waals surface area contributed by atoms with E-state index in [4.69, 9.17) is 21.1 Å². The van der Waals surface area contributed by atoms with E-state index in [1.54, 1.807) is 24.3 Å². The van der Waals surface area contributed by atoms with Gasteiger partial charge in [0.25, 0.3) is 0 Å². The van der Waals surface area contributed by atoms with Crippen LogP contribution in [0.3, 0.4) is 0 Å². The molecule has 1 N–H and O–H groups in total. The summed E-state index contributed by atoms with van der Waals surface area (Å²) in [5.41, 5.74) is 0.877. The van der Waals surface area contributed by atoms with Gasteiger partial charge in [-0.25, -0.2) is 24.1 Å². The number of oxazole rings is 1. The van der Waals surface area contributed by atoms with E-state index in [-0.39, 0.29) is 11.6 Å². The molecule has 4 rings (SSSR count). The van der Waals surface area contributed by atoms with Gasteiger partial charge in [-0.2, -0.15) is 0 Å². The number of aromatic carboxylic acids is 1. The van der Waals surface area contributed by atoms with Crippen LogP contribution in [0.2, 0.25) is 5.02 Å². The van der Waals surface area contributed by atoms with Gasteiger partial charge in [0, 0.05) is 11.8 Å². The van der Waals surface area contributed by atoms with Crippen molar-refractivity contribution in [3.63, 3.8) is 0 Å². The third kappa shape index (κ3) is 4.25. The van der Waals surface area contributed by atoms with Gasteiger partial charge in [-0.05, 0) is 42.1 Å². The summed E-state index contributed by atoms with van der Waals surface area (Å²) < 4.78 is 19.5. The second kappa shape index (κ2) is 7.98. The summed E-state index contributed by atoms with van der Waals surface area (Å²) in [7, 11) is 0. The van der Waals surface area contributed by atoms with Gasteiger partial charge in [0.05, 0.1) is 17.4 Å². The summed E-state index contributed by atoms with van der Waals surface area (Å²) in [6.45, 7) is 0. The average molecular weight is 429 g/mol. The van der Waals surface area contributed by atoms with Crippen LogP contribution in [0, 0.1) is 5.82 Å². The summed E-state index contributed by atoms with van der Waals surface area (Å²) in [6, 6.07) is 9.21. The van der Waals surface area contributed by atoms with Gasteiger partial charge in [0.1, 0.15) is 22.2 Å². The van der Waals surface area contributed by atoms with Crippen LogP contribution in [-0.2, 0) is 0 Å². The Balaban J connectivity index is 1.78. The molecule has 1 aromatic carbocycles. The van der Waals surface area contributed by atoms with E-state index in [0.717, 1.165) is 6.20 Å². The first-order valence-electron chi connectivity index (χ1n) is 8.11. The maximum Gasteiger partial charge on any atom is 0.356 e. The Hall–Kier alpha value is -3.30. The molecule has 4 aromatic rings. The van der Waals surface area contributed by atoms with Crippen LogP contribution in [0.5, 0.6) is 0 Å². The molecule has 3 aromatic heterocycles. The molecule has 0 unspecified atom stereocenters. The molecule has 7 nitrogen and oxygen atoms in total. The molecule has 0 aliphatic heterocycles. The number of carboxylic acid groups (broad SMARTS) is 1. The number of aromatic nitrogens is 4. The molecule has 0 fully saturated rings. The Morgan fingerprint density at radius 2 is 1.97 bits per heavy atom. The van der Waals surface area contributed by atoms with Gasteiger partial charge < -0.3 is 9.52 Å². The molecular weight excluding hydrogens is 419 g/mol. The summed E-state index contributed by atoms with van der Waals surface area (Å²) in [6.07, 6.45) is 3.91. The lowest BCUT2D eigenvalue weighted by Gasteiger charge is -2.01. The topological polar surface area (TPSA) is 102 Å². The fourth-order valence-corrected chi connectivity index (χ4v) is 3.27. The normalized spacial score (nSPS) is 10.8. The predicted molar refractivity (Wildman–Crippen MR) is 103 cm³/mol. The highest BCUT2D eigenvalue weighted by atomic mass is 35.5. The number of halogens is 2. The van der Waals surface area contributed by atoms with Crippen molar-refractivity contribution in [1.82, 2.24) is 19.9 Å². The average Bonchev–Trinajstić information content (AvgIpc) is 3.13. The SMILES string of the molecule is O=C(O)c1cnc(-c2nc(-c3cccc(F)c3)oc2Sc2ccc(Cl)cn2)cn1. The lowest BCUT2D eigenvalue weighted by Crippen LogP contribution is -2.01. The van der Waals surface area contributed by atoms with E-state index in [9.17, 15) is 9.18 Å². The summed E-state index contributed by atoms with van der Waals surface area (Å²) in [5, 5.41) is 10.4. The molecule has 0 saturated heterocycles. The molecule has 0 saturated carbocycles. The molecule has 29 heavy (non-hydrogen) atoms. The molecule has 0 radical (unpaired) electrons. The van der Waals surface area contributed by atoms with Crippen LogP contribution >= 0.6 is 23.4 Å². The van der Waals surface area contributed by atoms with Crippen molar-refractivity contribution >= 4 is 29.3 Å². The minimum atomic E-state index is -1.19. The molecule has 0 amide bonds. The van der Waals surface area contributed by atoms with Crippen LogP contribution in [0.1, 0.15) is 10.5 Å². The van der Waals surface area contributed by atoms with Crippen LogP contribution in [0.15, 0.2) is 69.5 Å². The molecule has 0 atom stereocenters. The highest BCUT2D eigenvalue weighted by Gasteiger charge is 2.20. The number of carbonyl (C=O) groups is 1. The zero-order chi connectivity index (χ0) is 20.4. The van der Waals surface area contributed by atoms with Crippen LogP contribution in [0.4, 0.5) is 4.39 Å². The molecule has 3 heterocycles. The summed E-state index contributed by atoms with van der Waals surface area (Å²) >= 11 is 7.04. The van der Waals surface area contributed by atoms with Crippen molar-refractivity contribution in [2.75, 3.05) is 0 Å². The number of pyridine rings is 1. The largest absolute Gasteiger partial charge is 0.476 e. The Morgan fingerprint density at radius 1 is 1.10 bits per heavy atom. The van der Waals surface area contributed by atoms with Crippen molar-refractivity contribution in [3.8, 4) is 22.8 Å². The van der Waals surface area contributed by atoms with Crippen LogP contribution in [-0.4, -0.2) is 31.0 Å². The molecule has 144 valence electrons. The zero-order valence-corrected chi connectivity index (χ0v) is 16.0. The Kier molecular flexibility index (Phi) is 5.24. The highest BCUT2D eigenvalue weighted by Crippen LogP contribution is 2.37. The van der Waals surface area contributed by atoms with Gasteiger partial charge in [0.15, 0.2) is 10.8 Å². The standard InChI is InChI=1S/C19H10ClFN4O3S/c20-11-4-5-15(24-7-11)29-19-16(13-8-23-14(9-22-13)18(26)27)25-17(28-19)10-2-1-3-12(21)6-10/h1-9H,(H,26,27). The number of nitrogens with zero attached hydrogens (tertiary/aromatic N) is 4. The minimum Gasteiger partial charge on any atom is -0.476 e. The van der Waals surface area contributed by atoms with Gasteiger partial charge in [-0.1, -0.05) is 17.7 Å². The Labute approximate surface area is 172 Å². The number of carboxylic acids is 1. The van der Waals surface area contributed by atoms with Crippen molar-refractivity contribution in [2.45, 2.75) is 10.1 Å². The number of benzene rings is 1. The maximum absolute atomic E-state index is 13.6. The highest BCUT2D eigenvalue weighted by molar-refractivity contribution is 7.99. The second-order valence-electron chi connectivity index (χ2n) is 5.67. The third-order valence-corrected chi connectivity index (χ3v) is 4.82. The Morgan fingerprint density at radius 3 is 2.62 bits per heavy atom. The van der Waals surface area contributed by atoms with Gasteiger partial charge in [-0.3, -0.25) is 4.98 Å². The van der Waals surface area contributed by atoms with Crippen molar-refractivity contribution < 1.29 is 18.7 Å². The van der Waals surface area contributed by atoms with Crippen LogP contribution in [0.25, 0.3) is 22.8 Å². The van der Waals surface area contributed by atoms with E-state index >= 15 is 0 Å². The first-order chi connectivity index (χ1) is 14.0. The lowest BCUT2D eigenvalue weighted by atomic mass is 10.2. The number of hydrogen-bond donors (Lipinski definition) is 1. The van der Waals surface area contributed by atoms with E-state index in [1.807, 2.05) is 0 Å². The van der Waals surface area contributed by atoms with Gasteiger partial charge in [0.2, 0.25) is 5.89 Å². The van der Waals surface area contributed by atoms with Crippen molar-refractivity contribution in [3.05, 3.63) is 71.5 Å². The smallest absolute Gasteiger partial charge is 0.356 e. The molecule has 0 aliphatic carbocycles. The first kappa shape index (κ1) is 19.0. The van der Waals surface area contributed by atoms with E-state index in [1.165, 1.54) is 36.3 Å². The molecular formula is C19H10ClFN4O3S. The number of hydrogen-bond acceptors (Lipinski definition) is 7. The monoisotopic (exact) mass is 428 g/mol. The molecule has 0 bridgehead atoms. The van der Waals surface area contributed by atoms with E-state index in [0.29, 0.717) is 32.1 Å². The van der Waals surface area contributed by atoms with Crippen molar-refractivity contribution in [1.29, 1.82) is 0 Å². The first-order valence-corrected chi connectivity index (χ1v) is 9.31. The minimum absolute atomic E-state index is 0.181. The molecule has 10 heteroatoms. The fraction of sp³-hybridized carbons (Fsp3) is 0. The Bertz CT molecular complexity index is 1180.